The van der Waals surface area contributed by atoms with Crippen molar-refractivity contribution >= 4 is 23.5 Å². The third kappa shape index (κ3) is 3.23. The number of hydrogen-bond acceptors (Lipinski definition) is 5. The maximum atomic E-state index is 14.8. The quantitative estimate of drug-likeness (QED) is 0.546. The van der Waals surface area contributed by atoms with Crippen molar-refractivity contribution in [3.05, 3.63) is 64.3 Å². The number of carbonyl (C=O) groups is 1. The molecule has 5 rings (SSSR count). The number of ether oxygens (including phenoxy) is 2. The van der Waals surface area contributed by atoms with Gasteiger partial charge in [-0.25, -0.2) is 14.2 Å². The lowest BCUT2D eigenvalue weighted by Gasteiger charge is -2.22. The summed E-state index contributed by atoms with van der Waals surface area (Å²) in [5.41, 5.74) is 2.96. The third-order valence-corrected chi connectivity index (χ3v) is 5.86. The van der Waals surface area contributed by atoms with E-state index in [0.29, 0.717) is 23.5 Å². The SMILES string of the molecule is Cc1ncccc1-c1cc2c(nc1Cl)N(C(=O)O)Cc1c(F)ccc3c1[C@@H](CO2)CO3. The van der Waals surface area contributed by atoms with Gasteiger partial charge in [0, 0.05) is 34.1 Å². The lowest BCUT2D eigenvalue weighted by Crippen LogP contribution is -2.30. The molecular weight excluding hydrogens is 425 g/mol. The van der Waals surface area contributed by atoms with Gasteiger partial charge in [0.25, 0.3) is 0 Å². The first-order valence-corrected chi connectivity index (χ1v) is 10.0. The van der Waals surface area contributed by atoms with Gasteiger partial charge >= 0.3 is 6.09 Å². The molecule has 7 nitrogen and oxygen atoms in total. The van der Waals surface area contributed by atoms with E-state index < -0.39 is 11.9 Å². The Bertz CT molecular complexity index is 1220. The summed E-state index contributed by atoms with van der Waals surface area (Å²) in [7, 11) is 0. The zero-order valence-corrected chi connectivity index (χ0v) is 17.2. The number of amides is 1. The Morgan fingerprint density at radius 3 is 2.74 bits per heavy atom. The van der Waals surface area contributed by atoms with Gasteiger partial charge in [0.15, 0.2) is 11.6 Å². The molecule has 1 N–H and O–H groups in total. The minimum absolute atomic E-state index is 0.0145. The summed E-state index contributed by atoms with van der Waals surface area (Å²) in [6, 6.07) is 8.13. The van der Waals surface area contributed by atoms with Crippen LogP contribution in [0.3, 0.4) is 0 Å². The van der Waals surface area contributed by atoms with Gasteiger partial charge in [-0.3, -0.25) is 9.88 Å². The summed E-state index contributed by atoms with van der Waals surface area (Å²) in [5.74, 6) is 0.0607. The van der Waals surface area contributed by atoms with Crippen LogP contribution in [0.5, 0.6) is 11.5 Å². The van der Waals surface area contributed by atoms with Crippen LogP contribution in [0.25, 0.3) is 11.1 Å². The highest BCUT2D eigenvalue weighted by atomic mass is 35.5. The topological polar surface area (TPSA) is 84.8 Å². The standard InChI is InChI=1S/C22H17ClFN3O4/c1-11-13(3-2-6-25-11)14-7-18-21(26-20(14)23)27(22(28)29)8-15-16(24)4-5-17-19(15)12(9-30-17)10-31-18/h2-7,12H,8-10H2,1H3,(H,28,29)/t12-/m1/s1. The van der Waals surface area contributed by atoms with Gasteiger partial charge < -0.3 is 14.6 Å². The van der Waals surface area contributed by atoms with E-state index in [4.69, 9.17) is 21.1 Å². The maximum Gasteiger partial charge on any atom is 0.413 e. The van der Waals surface area contributed by atoms with Gasteiger partial charge in [0.2, 0.25) is 0 Å². The number of fused-ring (bicyclic) bond motifs is 1. The van der Waals surface area contributed by atoms with Crippen LogP contribution in [-0.4, -0.2) is 34.4 Å². The highest BCUT2D eigenvalue weighted by Gasteiger charge is 2.35. The average Bonchev–Trinajstić information content (AvgIpc) is 3.17. The molecule has 158 valence electrons. The van der Waals surface area contributed by atoms with Crippen LogP contribution in [0.15, 0.2) is 36.5 Å². The fraction of sp³-hybridized carbons (Fsp3) is 0.227. The molecule has 0 fully saturated rings. The molecular formula is C22H17ClFN3O4. The second kappa shape index (κ2) is 7.39. The zero-order valence-electron chi connectivity index (χ0n) is 16.4. The lowest BCUT2D eigenvalue weighted by molar-refractivity contribution is 0.200. The number of nitrogens with zero attached hydrogens (tertiary/aromatic N) is 3. The smallest absolute Gasteiger partial charge is 0.413 e. The van der Waals surface area contributed by atoms with Crippen LogP contribution in [0.2, 0.25) is 5.15 Å². The summed E-state index contributed by atoms with van der Waals surface area (Å²) in [6.07, 6.45) is 0.373. The number of aryl methyl sites for hydroxylation is 1. The molecule has 3 aromatic rings. The molecule has 0 aliphatic carbocycles. The van der Waals surface area contributed by atoms with Crippen LogP contribution in [0.1, 0.15) is 22.7 Å². The molecule has 31 heavy (non-hydrogen) atoms. The number of benzene rings is 1. The normalized spacial score (nSPS) is 16.9. The zero-order chi connectivity index (χ0) is 21.7. The minimum Gasteiger partial charge on any atom is -0.493 e. The van der Waals surface area contributed by atoms with E-state index in [1.54, 1.807) is 24.4 Å². The van der Waals surface area contributed by atoms with Gasteiger partial charge in [0.05, 0.1) is 25.7 Å². The molecule has 9 heteroatoms. The third-order valence-electron chi connectivity index (χ3n) is 5.57. The molecule has 2 aliphatic heterocycles. The van der Waals surface area contributed by atoms with Crippen LogP contribution in [0.4, 0.5) is 15.0 Å². The Morgan fingerprint density at radius 1 is 1.23 bits per heavy atom. The van der Waals surface area contributed by atoms with Crippen molar-refractivity contribution in [2.75, 3.05) is 18.1 Å². The van der Waals surface area contributed by atoms with Gasteiger partial charge in [-0.1, -0.05) is 17.7 Å². The Labute approximate surface area is 182 Å². The predicted octanol–water partition coefficient (Wildman–Crippen LogP) is 4.80. The molecule has 1 amide bonds. The molecule has 2 aromatic heterocycles. The summed E-state index contributed by atoms with van der Waals surface area (Å²) in [6.45, 7) is 2.10. The number of anilines is 1. The van der Waals surface area contributed by atoms with E-state index in [-0.39, 0.29) is 41.4 Å². The lowest BCUT2D eigenvalue weighted by atomic mass is 9.95. The average molecular weight is 442 g/mol. The van der Waals surface area contributed by atoms with Crippen molar-refractivity contribution in [2.24, 2.45) is 0 Å². The highest BCUT2D eigenvalue weighted by molar-refractivity contribution is 6.32. The van der Waals surface area contributed by atoms with Crippen molar-refractivity contribution in [3.63, 3.8) is 0 Å². The number of pyridine rings is 2. The number of aromatic nitrogens is 2. The maximum absolute atomic E-state index is 14.8. The Hall–Kier alpha value is -3.39. The summed E-state index contributed by atoms with van der Waals surface area (Å²) in [4.78, 5) is 21.7. The van der Waals surface area contributed by atoms with E-state index in [1.165, 1.54) is 6.07 Å². The Kier molecular flexibility index (Phi) is 4.66. The first-order chi connectivity index (χ1) is 14.9. The number of carboxylic acid groups (broad SMARTS) is 1. The molecule has 0 bridgehead atoms. The molecule has 1 aromatic carbocycles. The summed E-state index contributed by atoms with van der Waals surface area (Å²) < 4.78 is 26.5. The Balaban J connectivity index is 1.69. The number of rotatable bonds is 1. The summed E-state index contributed by atoms with van der Waals surface area (Å²) >= 11 is 6.46. The fourth-order valence-electron chi connectivity index (χ4n) is 4.06. The van der Waals surface area contributed by atoms with E-state index in [2.05, 4.69) is 9.97 Å². The molecule has 0 unspecified atom stereocenters. The molecule has 4 heterocycles. The minimum atomic E-state index is -1.30. The van der Waals surface area contributed by atoms with Gasteiger partial charge in [-0.15, -0.1) is 0 Å². The van der Waals surface area contributed by atoms with Gasteiger partial charge in [-0.05, 0) is 31.2 Å². The largest absolute Gasteiger partial charge is 0.493 e. The molecule has 2 aliphatic rings. The molecule has 0 spiro atoms. The van der Waals surface area contributed by atoms with E-state index in [9.17, 15) is 14.3 Å². The van der Waals surface area contributed by atoms with Crippen LogP contribution < -0.4 is 14.4 Å². The van der Waals surface area contributed by atoms with Crippen molar-refractivity contribution in [1.82, 2.24) is 9.97 Å². The van der Waals surface area contributed by atoms with E-state index in [0.717, 1.165) is 16.2 Å². The number of hydrogen-bond donors (Lipinski definition) is 1. The van der Waals surface area contributed by atoms with E-state index >= 15 is 0 Å². The van der Waals surface area contributed by atoms with Gasteiger partial charge in [-0.2, -0.15) is 0 Å². The van der Waals surface area contributed by atoms with Crippen LogP contribution >= 0.6 is 11.6 Å². The van der Waals surface area contributed by atoms with Crippen molar-refractivity contribution in [2.45, 2.75) is 19.4 Å². The van der Waals surface area contributed by atoms with Crippen LogP contribution in [0, 0.1) is 12.7 Å². The van der Waals surface area contributed by atoms with Gasteiger partial charge in [0.1, 0.15) is 16.7 Å². The summed E-state index contributed by atoms with van der Waals surface area (Å²) in [5, 5.41) is 10.0. The van der Waals surface area contributed by atoms with Crippen molar-refractivity contribution in [1.29, 1.82) is 0 Å². The van der Waals surface area contributed by atoms with Crippen molar-refractivity contribution in [3.8, 4) is 22.6 Å². The second-order valence-electron chi connectivity index (χ2n) is 7.41. The Morgan fingerprint density at radius 2 is 2.00 bits per heavy atom. The second-order valence-corrected chi connectivity index (χ2v) is 7.77. The van der Waals surface area contributed by atoms with E-state index in [1.807, 2.05) is 13.0 Å². The van der Waals surface area contributed by atoms with Crippen molar-refractivity contribution < 1.29 is 23.8 Å². The molecule has 0 saturated heterocycles. The predicted molar refractivity (Wildman–Crippen MR) is 112 cm³/mol. The molecule has 0 saturated carbocycles. The molecule has 1 atom stereocenters. The highest BCUT2D eigenvalue weighted by Crippen LogP contribution is 2.43. The number of halogens is 2. The molecule has 0 radical (unpaired) electrons. The first-order valence-electron chi connectivity index (χ1n) is 9.64. The monoisotopic (exact) mass is 441 g/mol. The first kappa shape index (κ1) is 19.6. The fourth-order valence-corrected chi connectivity index (χ4v) is 4.29. The van der Waals surface area contributed by atoms with Crippen LogP contribution in [-0.2, 0) is 6.54 Å².